The molecule has 0 aliphatic rings. The van der Waals surface area contributed by atoms with Gasteiger partial charge < -0.3 is 4.74 Å². The van der Waals surface area contributed by atoms with E-state index in [1.165, 1.54) is 36.9 Å². The van der Waals surface area contributed by atoms with Gasteiger partial charge in [0.1, 0.15) is 5.94 Å². The number of aryl methyl sites for hydroxylation is 1. The van der Waals surface area contributed by atoms with E-state index in [2.05, 4.69) is 0 Å². The normalized spacial score (nSPS) is 12.2. The number of ether oxygens (including phenoxy) is 1. The van der Waals surface area contributed by atoms with Crippen molar-refractivity contribution in [2.24, 2.45) is 0 Å². The summed E-state index contributed by atoms with van der Waals surface area (Å²) in [5.74, 6) is -0.184. The van der Waals surface area contributed by atoms with Gasteiger partial charge in [0.05, 0.1) is 5.57 Å². The highest BCUT2D eigenvalue weighted by Crippen LogP contribution is 2.36. The maximum absolute atomic E-state index is 13.5. The quantitative estimate of drug-likeness (QED) is 0.267. The van der Waals surface area contributed by atoms with Crippen LogP contribution in [0.2, 0.25) is 10.0 Å². The molecule has 0 atom stereocenters. The molecule has 0 bridgehead atoms. The van der Waals surface area contributed by atoms with Crippen molar-refractivity contribution in [2.75, 3.05) is 5.94 Å². The first kappa shape index (κ1) is 22.7. The first-order valence-corrected chi connectivity index (χ1v) is 9.90. The maximum Gasteiger partial charge on any atom is 0.416 e. The Labute approximate surface area is 175 Å². The van der Waals surface area contributed by atoms with Crippen molar-refractivity contribution >= 4 is 46.5 Å². The Balaban J connectivity index is 2.22. The fourth-order valence-electron chi connectivity index (χ4n) is 2.50. The molecule has 2 aromatic rings. The van der Waals surface area contributed by atoms with E-state index in [0.29, 0.717) is 0 Å². The predicted molar refractivity (Wildman–Crippen MR) is 108 cm³/mol. The molecule has 0 N–H and O–H groups in total. The number of alkyl halides is 3. The van der Waals surface area contributed by atoms with Gasteiger partial charge in [0, 0.05) is 21.9 Å². The maximum atomic E-state index is 13.5. The molecule has 0 unspecified atom stereocenters. The molecule has 28 heavy (non-hydrogen) atoms. The van der Waals surface area contributed by atoms with Crippen LogP contribution in [0.4, 0.5) is 13.2 Å². The average molecular weight is 449 g/mol. The minimum Gasteiger partial charge on any atom is -0.454 e. The van der Waals surface area contributed by atoms with Crippen LogP contribution in [0.25, 0.3) is 5.57 Å². The highest BCUT2D eigenvalue weighted by atomic mass is 35.5. The van der Waals surface area contributed by atoms with Crippen molar-refractivity contribution in [2.45, 2.75) is 31.3 Å². The van der Waals surface area contributed by atoms with Crippen LogP contribution in [0.3, 0.4) is 0 Å². The Morgan fingerprint density at radius 2 is 1.79 bits per heavy atom. The average Bonchev–Trinajstić information content (AvgIpc) is 2.54. The summed E-state index contributed by atoms with van der Waals surface area (Å²) in [4.78, 5) is 11.7. The van der Waals surface area contributed by atoms with Crippen LogP contribution in [0.15, 0.2) is 47.4 Å². The van der Waals surface area contributed by atoms with Gasteiger partial charge in [0.25, 0.3) is 0 Å². The van der Waals surface area contributed by atoms with Crippen molar-refractivity contribution in [3.05, 3.63) is 69.2 Å². The van der Waals surface area contributed by atoms with Crippen molar-refractivity contribution in [1.82, 2.24) is 0 Å². The zero-order valence-corrected chi connectivity index (χ0v) is 17.4. The molecule has 150 valence electrons. The van der Waals surface area contributed by atoms with Gasteiger partial charge in [-0.15, -0.1) is 0 Å². The second kappa shape index (κ2) is 9.72. The number of halogens is 5. The van der Waals surface area contributed by atoms with Crippen molar-refractivity contribution in [1.29, 1.82) is 0 Å². The smallest absolute Gasteiger partial charge is 0.416 e. The van der Waals surface area contributed by atoms with Gasteiger partial charge in [0.2, 0.25) is 0 Å². The molecule has 0 aliphatic carbocycles. The molecule has 0 radical (unpaired) electrons. The third-order valence-corrected chi connectivity index (χ3v) is 5.18. The van der Waals surface area contributed by atoms with Gasteiger partial charge in [-0.3, -0.25) is 4.79 Å². The molecule has 2 aromatic carbocycles. The van der Waals surface area contributed by atoms with Crippen LogP contribution < -0.4 is 0 Å². The van der Waals surface area contributed by atoms with E-state index in [0.717, 1.165) is 22.1 Å². The fraction of sp³-hybridized carbons (Fsp3) is 0.250. The minimum absolute atomic E-state index is 0.0738. The van der Waals surface area contributed by atoms with E-state index in [1.54, 1.807) is 12.1 Å². The Morgan fingerprint density at radius 3 is 2.32 bits per heavy atom. The summed E-state index contributed by atoms with van der Waals surface area (Å²) in [5.41, 5.74) is 0.754. The SMILES string of the molecule is CC(=O)OCSc1ccc(CC=C(c2cc(Cl)cc(Cl)c2)C(F)(F)F)cc1C. The van der Waals surface area contributed by atoms with E-state index in [4.69, 9.17) is 27.9 Å². The first-order valence-electron chi connectivity index (χ1n) is 8.16. The number of benzene rings is 2. The van der Waals surface area contributed by atoms with Crippen molar-refractivity contribution in [3.63, 3.8) is 0 Å². The molecule has 0 saturated heterocycles. The van der Waals surface area contributed by atoms with Crippen molar-refractivity contribution < 1.29 is 22.7 Å². The Kier molecular flexibility index (Phi) is 7.87. The lowest BCUT2D eigenvalue weighted by molar-refractivity contribution is -0.138. The van der Waals surface area contributed by atoms with Crippen LogP contribution in [-0.2, 0) is 16.0 Å². The Morgan fingerprint density at radius 1 is 1.14 bits per heavy atom. The van der Waals surface area contributed by atoms with Gasteiger partial charge >= 0.3 is 12.1 Å². The summed E-state index contributed by atoms with van der Waals surface area (Å²) < 4.78 is 45.4. The lowest BCUT2D eigenvalue weighted by Crippen LogP contribution is -2.11. The monoisotopic (exact) mass is 448 g/mol. The Bertz CT molecular complexity index is 875. The molecule has 0 heterocycles. The minimum atomic E-state index is -4.54. The summed E-state index contributed by atoms with van der Waals surface area (Å²) in [7, 11) is 0. The number of carbonyl (C=O) groups is 1. The van der Waals surface area contributed by atoms with Gasteiger partial charge in [0.15, 0.2) is 0 Å². The van der Waals surface area contributed by atoms with Crippen LogP contribution >= 0.6 is 35.0 Å². The number of rotatable bonds is 6. The number of allylic oxidation sites excluding steroid dienone is 2. The highest BCUT2D eigenvalue weighted by molar-refractivity contribution is 7.99. The van der Waals surface area contributed by atoms with E-state index in [-0.39, 0.29) is 33.9 Å². The lowest BCUT2D eigenvalue weighted by atomic mass is 10.0. The van der Waals surface area contributed by atoms with E-state index in [9.17, 15) is 18.0 Å². The molecule has 2 nitrogen and oxygen atoms in total. The van der Waals surface area contributed by atoms with Gasteiger partial charge in [-0.1, -0.05) is 53.2 Å². The zero-order chi connectivity index (χ0) is 20.9. The summed E-state index contributed by atoms with van der Waals surface area (Å²) >= 11 is 13.0. The van der Waals surface area contributed by atoms with E-state index < -0.39 is 11.7 Å². The number of hydrogen-bond acceptors (Lipinski definition) is 3. The summed E-state index contributed by atoms with van der Waals surface area (Å²) in [5, 5.41) is 0.283. The van der Waals surface area contributed by atoms with Gasteiger partial charge in [-0.2, -0.15) is 13.2 Å². The summed E-state index contributed by atoms with van der Waals surface area (Å²) in [6.07, 6.45) is -3.32. The van der Waals surface area contributed by atoms with Crippen LogP contribution in [0.5, 0.6) is 0 Å². The fourth-order valence-corrected chi connectivity index (χ4v) is 3.83. The largest absolute Gasteiger partial charge is 0.454 e. The molecular formula is C20H17Cl2F3O2S. The van der Waals surface area contributed by atoms with Gasteiger partial charge in [-0.25, -0.2) is 0 Å². The van der Waals surface area contributed by atoms with E-state index >= 15 is 0 Å². The number of esters is 1. The molecule has 8 heteroatoms. The summed E-state index contributed by atoms with van der Waals surface area (Å²) in [6.45, 7) is 3.18. The van der Waals surface area contributed by atoms with Gasteiger partial charge in [-0.05, 0) is 54.3 Å². The number of carbonyl (C=O) groups excluding carboxylic acids is 1. The molecule has 0 saturated carbocycles. The number of hydrogen-bond donors (Lipinski definition) is 0. The van der Waals surface area contributed by atoms with Crippen LogP contribution in [0, 0.1) is 6.92 Å². The number of thioether (sulfide) groups is 1. The third-order valence-electron chi connectivity index (χ3n) is 3.74. The molecule has 0 aliphatic heterocycles. The first-order chi connectivity index (χ1) is 13.1. The lowest BCUT2D eigenvalue weighted by Gasteiger charge is -2.13. The molecule has 0 fully saturated rings. The standard InChI is InChI=1S/C20H17Cl2F3O2S/c1-12-7-14(4-6-19(12)28-11-27-13(2)26)3-5-18(20(23,24)25)15-8-16(21)10-17(22)9-15/h4-10H,3,11H2,1-2H3. The van der Waals surface area contributed by atoms with Crippen LogP contribution in [0.1, 0.15) is 23.6 Å². The second-order valence-corrected chi connectivity index (χ2v) is 7.81. The topological polar surface area (TPSA) is 26.3 Å². The van der Waals surface area contributed by atoms with E-state index in [1.807, 2.05) is 13.0 Å². The molecular weight excluding hydrogens is 432 g/mol. The molecule has 2 rings (SSSR count). The molecule has 0 spiro atoms. The third kappa shape index (κ3) is 6.76. The van der Waals surface area contributed by atoms with Crippen molar-refractivity contribution in [3.8, 4) is 0 Å². The molecule has 0 aromatic heterocycles. The second-order valence-electron chi connectivity index (χ2n) is 5.98. The highest BCUT2D eigenvalue weighted by Gasteiger charge is 2.34. The van der Waals surface area contributed by atoms with Crippen LogP contribution in [-0.4, -0.2) is 18.1 Å². The molecule has 0 amide bonds. The Hall–Kier alpha value is -1.63. The predicted octanol–water partition coefficient (Wildman–Crippen LogP) is 7.10. The zero-order valence-electron chi connectivity index (χ0n) is 15.1. The summed E-state index contributed by atoms with van der Waals surface area (Å²) in [6, 6.07) is 9.23.